The fourth-order valence-electron chi connectivity index (χ4n) is 6.26. The second-order valence-electron chi connectivity index (χ2n) is 13.8. The number of amides is 1. The molecule has 2 aromatic heterocycles. The SMILES string of the molecule is CC1=CC(C=Cc2ccc(OCCCC(=O)NC(CS(=O)(=O)O)C(=O)O)cc2)=[N+]2C1=Cc1c(CCC[N+](C)(C)C)cc(-c3ccc[nH]3)n1[B-]2(F)F. The van der Waals surface area contributed by atoms with Gasteiger partial charge >= 0.3 is 12.9 Å². The molecule has 0 aliphatic carbocycles. The zero-order chi connectivity index (χ0) is 37.1. The summed E-state index contributed by atoms with van der Waals surface area (Å²) in [6, 6.07) is 10.7. The largest absolute Gasteiger partial charge is 0.737 e. The molecule has 5 rings (SSSR count). The number of fused-ring (bicyclic) bond motifs is 2. The number of aromatic amines is 1. The van der Waals surface area contributed by atoms with E-state index in [1.807, 2.05) is 19.1 Å². The molecule has 1 atom stereocenters. The molecule has 3 aromatic rings. The fourth-order valence-corrected chi connectivity index (χ4v) is 6.91. The van der Waals surface area contributed by atoms with Gasteiger partial charge in [-0.1, -0.05) is 12.1 Å². The summed E-state index contributed by atoms with van der Waals surface area (Å²) >= 11 is 0. The Balaban J connectivity index is 1.27. The molecule has 0 saturated heterocycles. The first-order valence-corrected chi connectivity index (χ1v) is 18.2. The van der Waals surface area contributed by atoms with Crippen molar-refractivity contribution in [2.45, 2.75) is 38.6 Å². The summed E-state index contributed by atoms with van der Waals surface area (Å²) in [6.07, 6.45) is 10.4. The third-order valence-electron chi connectivity index (χ3n) is 8.66. The Morgan fingerprint density at radius 3 is 2.47 bits per heavy atom. The van der Waals surface area contributed by atoms with Crippen molar-refractivity contribution >= 4 is 46.8 Å². The zero-order valence-corrected chi connectivity index (χ0v) is 29.8. The maximum Gasteiger partial charge on any atom is 0.737 e. The van der Waals surface area contributed by atoms with Gasteiger partial charge < -0.3 is 42.2 Å². The maximum atomic E-state index is 16.8. The molecule has 51 heavy (non-hydrogen) atoms. The number of carbonyl (C=O) groups is 2. The molecular weight excluding hydrogens is 683 g/mol. The van der Waals surface area contributed by atoms with Gasteiger partial charge in [-0.15, -0.1) is 0 Å². The van der Waals surface area contributed by atoms with Crippen molar-refractivity contribution in [2.75, 3.05) is 40.0 Å². The van der Waals surface area contributed by atoms with Gasteiger partial charge in [0.15, 0.2) is 11.4 Å². The van der Waals surface area contributed by atoms with E-state index in [1.165, 1.54) is 4.48 Å². The molecule has 1 amide bonds. The number of benzene rings is 1. The Labute approximate surface area is 295 Å². The summed E-state index contributed by atoms with van der Waals surface area (Å²) in [5.74, 6) is -2.93. The zero-order valence-electron chi connectivity index (χ0n) is 29.0. The molecule has 12 nitrogen and oxygen atoms in total. The predicted octanol–water partition coefficient (Wildman–Crippen LogP) is 4.44. The van der Waals surface area contributed by atoms with Crippen molar-refractivity contribution < 1.29 is 50.0 Å². The Morgan fingerprint density at radius 1 is 1.12 bits per heavy atom. The van der Waals surface area contributed by atoms with Crippen LogP contribution in [-0.2, 0) is 26.1 Å². The average Bonchev–Trinajstić information content (AvgIpc) is 3.76. The van der Waals surface area contributed by atoms with E-state index in [-0.39, 0.29) is 19.4 Å². The number of nitrogens with zero attached hydrogens (tertiary/aromatic N) is 3. The molecule has 1 aromatic carbocycles. The highest BCUT2D eigenvalue weighted by Crippen LogP contribution is 2.40. The highest BCUT2D eigenvalue weighted by atomic mass is 32.2. The van der Waals surface area contributed by atoms with Crippen LogP contribution in [0.15, 0.2) is 72.1 Å². The van der Waals surface area contributed by atoms with Crippen LogP contribution in [-0.4, -0.2) is 107 Å². The molecule has 2 aliphatic rings. The van der Waals surface area contributed by atoms with Crippen LogP contribution >= 0.6 is 0 Å². The minimum Gasteiger partial charge on any atom is -0.494 e. The molecule has 1 unspecified atom stereocenters. The van der Waals surface area contributed by atoms with Gasteiger partial charge in [0.1, 0.15) is 17.5 Å². The third-order valence-corrected chi connectivity index (χ3v) is 9.42. The summed E-state index contributed by atoms with van der Waals surface area (Å²) in [5, 5.41) is 11.1. The molecule has 16 heteroatoms. The lowest BCUT2D eigenvalue weighted by Crippen LogP contribution is -2.50. The van der Waals surface area contributed by atoms with Crippen molar-refractivity contribution in [2.24, 2.45) is 0 Å². The van der Waals surface area contributed by atoms with E-state index in [1.54, 1.807) is 60.8 Å². The first-order chi connectivity index (χ1) is 23.9. The van der Waals surface area contributed by atoms with E-state index >= 15 is 8.63 Å². The summed E-state index contributed by atoms with van der Waals surface area (Å²) < 4.78 is 73.2. The number of carbonyl (C=O) groups excluding carboxylic acids is 1. The molecule has 4 N–H and O–H groups in total. The minimum atomic E-state index is -4.60. The highest BCUT2D eigenvalue weighted by molar-refractivity contribution is 7.85. The van der Waals surface area contributed by atoms with Crippen LogP contribution in [0.3, 0.4) is 0 Å². The van der Waals surface area contributed by atoms with Gasteiger partial charge in [0.05, 0.1) is 40.0 Å². The quantitative estimate of drug-likeness (QED) is 0.0737. The molecule has 0 radical (unpaired) electrons. The van der Waals surface area contributed by atoms with Crippen molar-refractivity contribution in [1.29, 1.82) is 0 Å². The first-order valence-electron chi connectivity index (χ1n) is 16.6. The minimum absolute atomic E-state index is 0.116. The number of allylic oxidation sites excluding steroid dienone is 3. The van der Waals surface area contributed by atoms with E-state index in [4.69, 9.17) is 14.4 Å². The van der Waals surface area contributed by atoms with Crippen LogP contribution in [0.25, 0.3) is 23.5 Å². The average molecular weight is 727 g/mol. The Hall–Kier alpha value is -4.80. The lowest BCUT2D eigenvalue weighted by Gasteiger charge is -2.31. The molecule has 0 bridgehead atoms. The van der Waals surface area contributed by atoms with Gasteiger partial charge in [-0.3, -0.25) is 9.35 Å². The van der Waals surface area contributed by atoms with Gasteiger partial charge in [-0.2, -0.15) is 8.42 Å². The lowest BCUT2D eigenvalue weighted by molar-refractivity contribution is -0.870. The second-order valence-corrected chi connectivity index (χ2v) is 15.3. The van der Waals surface area contributed by atoms with E-state index in [0.29, 0.717) is 40.7 Å². The number of H-pyrrole nitrogens is 1. The van der Waals surface area contributed by atoms with Gasteiger partial charge in [-0.05, 0) is 67.3 Å². The first kappa shape index (κ1) is 37.5. The van der Waals surface area contributed by atoms with Crippen LogP contribution in [0.4, 0.5) is 8.63 Å². The van der Waals surface area contributed by atoms with Crippen LogP contribution in [0.1, 0.15) is 43.0 Å². The van der Waals surface area contributed by atoms with E-state index in [9.17, 15) is 18.0 Å². The summed E-state index contributed by atoms with van der Waals surface area (Å²) in [6.45, 7) is -1.38. The molecular formula is C35H43BF2N5O7S+. The second kappa shape index (κ2) is 14.8. The van der Waals surface area contributed by atoms with E-state index < -0.39 is 40.8 Å². The lowest BCUT2D eigenvalue weighted by atomic mass is 9.89. The number of aryl methyl sites for hydroxylation is 1. The number of hydrogen-bond acceptors (Lipinski definition) is 5. The van der Waals surface area contributed by atoms with Gasteiger partial charge in [0.2, 0.25) is 5.91 Å². The Morgan fingerprint density at radius 2 is 1.84 bits per heavy atom. The number of ether oxygens (including phenoxy) is 1. The normalized spacial score (nSPS) is 16.1. The van der Waals surface area contributed by atoms with Crippen LogP contribution in [0.5, 0.6) is 5.75 Å². The summed E-state index contributed by atoms with van der Waals surface area (Å²) in [4.78, 5) is 26.3. The molecule has 0 saturated carbocycles. The van der Waals surface area contributed by atoms with E-state index in [2.05, 4.69) is 31.4 Å². The molecule has 2 aliphatic heterocycles. The van der Waals surface area contributed by atoms with Crippen molar-refractivity contribution in [3.63, 3.8) is 0 Å². The smallest absolute Gasteiger partial charge is 0.494 e. The number of hydrogen-bond donors (Lipinski definition) is 4. The monoisotopic (exact) mass is 726 g/mol. The number of aliphatic carboxylic acids is 1. The summed E-state index contributed by atoms with van der Waals surface area (Å²) in [5.41, 5.74) is 4.84. The van der Waals surface area contributed by atoms with Gasteiger partial charge in [0, 0.05) is 54.2 Å². The number of rotatable bonds is 16. The van der Waals surface area contributed by atoms with E-state index in [0.717, 1.165) is 38.6 Å². The Bertz CT molecular complexity index is 2030. The maximum absolute atomic E-state index is 16.8. The number of quaternary nitrogens is 1. The van der Waals surface area contributed by atoms with Crippen molar-refractivity contribution in [1.82, 2.24) is 14.8 Å². The Kier molecular flexibility index (Phi) is 10.9. The number of nitrogens with one attached hydrogen (secondary N) is 2. The molecule has 272 valence electrons. The highest BCUT2D eigenvalue weighted by Gasteiger charge is 2.54. The molecule has 0 fully saturated rings. The van der Waals surface area contributed by atoms with Crippen LogP contribution in [0.2, 0.25) is 0 Å². The summed E-state index contributed by atoms with van der Waals surface area (Å²) in [7, 11) is 1.76. The number of carboxylic acids is 1. The van der Waals surface area contributed by atoms with Gasteiger partial charge in [-0.25, -0.2) is 4.79 Å². The van der Waals surface area contributed by atoms with Crippen molar-refractivity contribution in [3.05, 3.63) is 88.9 Å². The topological polar surface area (TPSA) is 154 Å². The standard InChI is InChI=1S/C35H42BF2N5O7S/c1-24-20-27(14-11-25-12-15-28(16-13-25)50-19-7-10-34(44)40-30(35(45)46)23-51(47,48)49)41-31(24)22-32-26(8-6-18-43(2,3)4)21-33(29-9-5-17-39-29)42(32)36(41,37)38/h5,9,11-17,20-22,30,39H,6-8,10,18-19,23H2,1-4H3,(H2-,40,44,45,46,47,48,49)/p+1. The number of carboxylic acid groups (broad SMARTS) is 1. The number of halogens is 2. The predicted molar refractivity (Wildman–Crippen MR) is 192 cm³/mol. The van der Waals surface area contributed by atoms with Crippen molar-refractivity contribution in [3.8, 4) is 17.1 Å². The van der Waals surface area contributed by atoms with Gasteiger partial charge in [0.25, 0.3) is 10.1 Å². The molecule has 4 heterocycles. The van der Waals surface area contributed by atoms with Crippen LogP contribution < -0.4 is 10.1 Å². The molecule has 0 spiro atoms. The number of aromatic nitrogens is 2. The van der Waals surface area contributed by atoms with Crippen LogP contribution in [0, 0.1) is 0 Å². The fraction of sp³-hybridized carbons (Fsp3) is 0.343. The third kappa shape index (κ3) is 9.12.